The lowest BCUT2D eigenvalue weighted by Crippen LogP contribution is -2.33. The molecule has 1 heterocycles. The number of aromatic nitrogens is 1. The van der Waals surface area contributed by atoms with Gasteiger partial charge in [-0.2, -0.15) is 0 Å². The molecule has 1 heteroatoms. The van der Waals surface area contributed by atoms with E-state index in [0.29, 0.717) is 0 Å². The van der Waals surface area contributed by atoms with Gasteiger partial charge in [-0.1, -0.05) is 173 Å². The first-order valence-corrected chi connectivity index (χ1v) is 19.6. The summed E-state index contributed by atoms with van der Waals surface area (Å²) in [7, 11) is 0. The van der Waals surface area contributed by atoms with Crippen LogP contribution in [-0.2, 0) is 10.8 Å². The molecule has 1 unspecified atom stereocenters. The second kappa shape index (κ2) is 11.6. The first-order valence-electron chi connectivity index (χ1n) is 19.6. The van der Waals surface area contributed by atoms with Crippen LogP contribution in [0.3, 0.4) is 0 Å². The summed E-state index contributed by atoms with van der Waals surface area (Å²) in [6, 6.07) is 63.0. The van der Waals surface area contributed by atoms with Gasteiger partial charge >= 0.3 is 0 Å². The van der Waals surface area contributed by atoms with Crippen LogP contribution in [0.25, 0.3) is 66.0 Å². The monoisotopic (exact) mass is 703 g/mol. The number of hydrogen-bond acceptors (Lipinski definition) is 1. The molecule has 0 aliphatic heterocycles. The topological polar surface area (TPSA) is 12.9 Å². The first-order chi connectivity index (χ1) is 26.8. The Kier molecular flexibility index (Phi) is 6.78. The lowest BCUT2D eigenvalue weighted by Gasteiger charge is -2.43. The lowest BCUT2D eigenvalue weighted by molar-refractivity contribution is 0.560. The number of nitrogens with zero attached hydrogens (tertiary/aromatic N) is 1. The number of benzene rings is 8. The fraction of sp³-hybridized carbons (Fsp3) is 0.130. The van der Waals surface area contributed by atoms with E-state index in [9.17, 15) is 0 Å². The molecule has 0 saturated carbocycles. The molecule has 2 aliphatic rings. The second-order valence-corrected chi connectivity index (χ2v) is 16.7. The van der Waals surface area contributed by atoms with Crippen LogP contribution >= 0.6 is 0 Å². The zero-order valence-corrected chi connectivity index (χ0v) is 31.7. The van der Waals surface area contributed by atoms with E-state index < -0.39 is 0 Å². The molecule has 9 aromatic rings. The molecule has 2 aliphatic carbocycles. The van der Waals surface area contributed by atoms with E-state index in [-0.39, 0.29) is 16.7 Å². The molecule has 1 nitrogen and oxygen atoms in total. The van der Waals surface area contributed by atoms with Crippen molar-refractivity contribution in [3.8, 4) is 33.6 Å². The minimum Gasteiger partial charge on any atom is -0.248 e. The van der Waals surface area contributed by atoms with Crippen molar-refractivity contribution < 1.29 is 0 Å². The second-order valence-electron chi connectivity index (χ2n) is 16.7. The molecule has 0 bridgehead atoms. The molecule has 11 rings (SSSR count). The van der Waals surface area contributed by atoms with Gasteiger partial charge in [-0.15, -0.1) is 0 Å². The molecule has 55 heavy (non-hydrogen) atoms. The highest BCUT2D eigenvalue weighted by atomic mass is 14.7. The fourth-order valence-corrected chi connectivity index (χ4v) is 10.4. The molecule has 262 valence electrons. The quantitative estimate of drug-likeness (QED) is 0.167. The zero-order valence-electron chi connectivity index (χ0n) is 31.7. The van der Waals surface area contributed by atoms with Crippen LogP contribution < -0.4 is 0 Å². The minimum absolute atomic E-state index is 0.0453. The molecule has 0 saturated heterocycles. The number of rotatable bonds is 3. The van der Waals surface area contributed by atoms with Crippen molar-refractivity contribution in [1.29, 1.82) is 0 Å². The van der Waals surface area contributed by atoms with Gasteiger partial charge in [0.1, 0.15) is 0 Å². The summed E-state index contributed by atoms with van der Waals surface area (Å²) in [5.41, 5.74) is 16.3. The standard InChI is InChI=1S/C54H41N/c1-53(2)46-26-16-15-25-41(46)50(35-29-48(33-17-7-5-8-18-33)55-49(30-35)34-19-9-6-10-20-34)42-28-27-40-45-31-43-38-23-13-11-21-36(38)37-22-12-14-24-39(37)44(43)32-47(45)54(3,4)51(40)52(42)53/h5-32,50H,1-4H3. The highest BCUT2D eigenvalue weighted by Gasteiger charge is 2.46. The Morgan fingerprint density at radius 3 is 1.47 bits per heavy atom. The molecule has 0 fully saturated rings. The third kappa shape index (κ3) is 4.56. The molecule has 0 amide bonds. The van der Waals surface area contributed by atoms with Crippen LogP contribution in [0.1, 0.15) is 72.6 Å². The van der Waals surface area contributed by atoms with Gasteiger partial charge in [0, 0.05) is 27.9 Å². The Balaban J connectivity index is 1.20. The average molecular weight is 704 g/mol. The van der Waals surface area contributed by atoms with Crippen LogP contribution in [0.4, 0.5) is 0 Å². The van der Waals surface area contributed by atoms with Crippen molar-refractivity contribution in [2.75, 3.05) is 0 Å². The highest BCUT2D eigenvalue weighted by molar-refractivity contribution is 6.26. The van der Waals surface area contributed by atoms with Gasteiger partial charge < -0.3 is 0 Å². The zero-order chi connectivity index (χ0) is 37.1. The van der Waals surface area contributed by atoms with E-state index in [0.717, 1.165) is 22.5 Å². The Hall–Kier alpha value is -6.31. The van der Waals surface area contributed by atoms with Crippen LogP contribution in [-0.4, -0.2) is 4.98 Å². The molecule has 8 aromatic carbocycles. The van der Waals surface area contributed by atoms with E-state index in [1.807, 2.05) is 0 Å². The number of fused-ring (bicyclic) bond motifs is 12. The maximum Gasteiger partial charge on any atom is 0.0712 e. The summed E-state index contributed by atoms with van der Waals surface area (Å²) in [6.07, 6.45) is 0. The van der Waals surface area contributed by atoms with E-state index in [1.165, 1.54) is 82.4 Å². The van der Waals surface area contributed by atoms with Crippen LogP contribution in [0, 0.1) is 0 Å². The Bertz CT molecular complexity index is 2960. The summed E-state index contributed by atoms with van der Waals surface area (Å²) in [6.45, 7) is 9.84. The van der Waals surface area contributed by atoms with Crippen molar-refractivity contribution in [3.05, 3.63) is 209 Å². The normalized spacial score (nSPS) is 16.1. The molecule has 0 spiro atoms. The van der Waals surface area contributed by atoms with Crippen molar-refractivity contribution in [2.45, 2.75) is 44.4 Å². The maximum absolute atomic E-state index is 5.29. The van der Waals surface area contributed by atoms with Gasteiger partial charge in [0.25, 0.3) is 0 Å². The van der Waals surface area contributed by atoms with Gasteiger partial charge in [-0.05, 0) is 107 Å². The minimum atomic E-state index is -0.219. The van der Waals surface area contributed by atoms with Gasteiger partial charge in [-0.25, -0.2) is 4.98 Å². The van der Waals surface area contributed by atoms with Gasteiger partial charge in [0.05, 0.1) is 11.4 Å². The first kappa shape index (κ1) is 32.1. The molecule has 1 atom stereocenters. The van der Waals surface area contributed by atoms with Gasteiger partial charge in [0.2, 0.25) is 0 Å². The third-order valence-electron chi connectivity index (χ3n) is 12.9. The van der Waals surface area contributed by atoms with Crippen molar-refractivity contribution in [1.82, 2.24) is 4.98 Å². The summed E-state index contributed by atoms with van der Waals surface area (Å²) in [4.78, 5) is 5.29. The molecule has 0 N–H and O–H groups in total. The lowest BCUT2D eigenvalue weighted by atomic mass is 9.60. The summed E-state index contributed by atoms with van der Waals surface area (Å²) in [5, 5.41) is 7.94. The smallest absolute Gasteiger partial charge is 0.0712 e. The van der Waals surface area contributed by atoms with Crippen molar-refractivity contribution >= 4 is 32.3 Å². The van der Waals surface area contributed by atoms with E-state index in [4.69, 9.17) is 4.98 Å². The summed E-state index contributed by atoms with van der Waals surface area (Å²) in [5.74, 6) is 0.0453. The van der Waals surface area contributed by atoms with Gasteiger partial charge in [-0.3, -0.25) is 0 Å². The molecule has 0 radical (unpaired) electrons. The van der Waals surface area contributed by atoms with Crippen LogP contribution in [0.2, 0.25) is 0 Å². The Labute approximate surface area is 323 Å². The Morgan fingerprint density at radius 1 is 0.382 bits per heavy atom. The summed E-state index contributed by atoms with van der Waals surface area (Å²) < 4.78 is 0. The van der Waals surface area contributed by atoms with E-state index >= 15 is 0 Å². The van der Waals surface area contributed by atoms with Crippen LogP contribution in [0.15, 0.2) is 170 Å². The molecular formula is C54H41N. The maximum atomic E-state index is 5.29. The SMILES string of the molecule is CC1(C)c2cc3c4ccccc4c4ccccc4c3cc2-c2ccc3c(c21)C(C)(C)c1ccccc1C3c1cc(-c2ccccc2)nc(-c2ccccc2)c1. The van der Waals surface area contributed by atoms with E-state index in [2.05, 4.69) is 198 Å². The highest BCUT2D eigenvalue weighted by Crippen LogP contribution is 2.59. The number of hydrogen-bond donors (Lipinski definition) is 0. The molecule has 1 aromatic heterocycles. The predicted molar refractivity (Wildman–Crippen MR) is 231 cm³/mol. The third-order valence-corrected chi connectivity index (χ3v) is 12.9. The average Bonchev–Trinajstić information content (AvgIpc) is 3.45. The van der Waals surface area contributed by atoms with Crippen molar-refractivity contribution in [3.63, 3.8) is 0 Å². The number of pyridine rings is 1. The molecular weight excluding hydrogens is 663 g/mol. The fourth-order valence-electron chi connectivity index (χ4n) is 10.4. The summed E-state index contributed by atoms with van der Waals surface area (Å²) >= 11 is 0. The van der Waals surface area contributed by atoms with Crippen molar-refractivity contribution in [2.24, 2.45) is 0 Å². The van der Waals surface area contributed by atoms with Gasteiger partial charge in [0.15, 0.2) is 0 Å². The van der Waals surface area contributed by atoms with Crippen LogP contribution in [0.5, 0.6) is 0 Å². The Morgan fingerprint density at radius 2 is 0.873 bits per heavy atom. The predicted octanol–water partition coefficient (Wildman–Crippen LogP) is 14.0. The largest absolute Gasteiger partial charge is 0.248 e. The van der Waals surface area contributed by atoms with E-state index in [1.54, 1.807) is 0 Å².